The minimum Gasteiger partial charge on any atom is -0.497 e. The quantitative estimate of drug-likeness (QED) is 0.240. The fraction of sp³-hybridized carbons (Fsp3) is 0.194. The maximum atomic E-state index is 13.5. The van der Waals surface area contributed by atoms with Crippen molar-refractivity contribution in [2.75, 3.05) is 13.7 Å². The van der Waals surface area contributed by atoms with E-state index in [0.29, 0.717) is 24.5 Å². The highest BCUT2D eigenvalue weighted by Gasteiger charge is 2.20. The van der Waals surface area contributed by atoms with Gasteiger partial charge >= 0.3 is 0 Å². The number of nitrogens with zero attached hydrogens (tertiary/aromatic N) is 1. The van der Waals surface area contributed by atoms with Crippen LogP contribution in [0.25, 0.3) is 0 Å². The minimum atomic E-state index is 0.0787. The van der Waals surface area contributed by atoms with Crippen LogP contribution < -0.4 is 4.74 Å². The van der Waals surface area contributed by atoms with Gasteiger partial charge in [-0.05, 0) is 46.9 Å². The second kappa shape index (κ2) is 12.2. The Hall–Kier alpha value is -3.56. The van der Waals surface area contributed by atoms with Crippen molar-refractivity contribution in [3.8, 4) is 5.75 Å². The number of ether oxygens (including phenoxy) is 1. The molecule has 1 amide bonds. The van der Waals surface area contributed by atoms with Gasteiger partial charge in [0, 0.05) is 24.0 Å². The first kappa shape index (κ1) is 24.6. The van der Waals surface area contributed by atoms with Gasteiger partial charge < -0.3 is 9.64 Å². The molecule has 0 unspecified atom stereocenters. The molecular weight excluding hydrogens is 454 g/mol. The number of amides is 1. The van der Waals surface area contributed by atoms with Gasteiger partial charge in [0.1, 0.15) is 5.75 Å². The number of rotatable bonds is 10. The predicted octanol–water partition coefficient (Wildman–Crippen LogP) is 7.14. The predicted molar refractivity (Wildman–Crippen MR) is 143 cm³/mol. The summed E-state index contributed by atoms with van der Waals surface area (Å²) in [5.74, 6) is 1.05. The van der Waals surface area contributed by atoms with Crippen LogP contribution in [-0.4, -0.2) is 24.5 Å². The molecule has 0 aliphatic heterocycles. The van der Waals surface area contributed by atoms with E-state index < -0.39 is 0 Å². The van der Waals surface area contributed by atoms with Crippen LogP contribution in [0.5, 0.6) is 5.75 Å². The van der Waals surface area contributed by atoms with Crippen molar-refractivity contribution in [3.05, 3.63) is 136 Å². The zero-order chi connectivity index (χ0) is 24.5. The summed E-state index contributed by atoms with van der Waals surface area (Å²) in [6.07, 6.45) is 1.14. The number of carbonyl (C=O) groups excluding carboxylic acids is 1. The normalized spacial score (nSPS) is 10.8. The standard InChI is InChI=1S/C31H30ClNO2/c1-35-28-18-16-24(17-19-28)22-31(34)33(23-27-14-8-9-15-30(27)32)21-20-29(25-10-4-2-5-11-25)26-12-6-3-7-13-26/h2-19,29H,20-23H2,1H3. The molecule has 0 saturated carbocycles. The van der Waals surface area contributed by atoms with Gasteiger partial charge in [-0.25, -0.2) is 0 Å². The first-order chi connectivity index (χ1) is 17.1. The molecule has 0 spiro atoms. The van der Waals surface area contributed by atoms with E-state index in [4.69, 9.17) is 16.3 Å². The Morgan fingerprint density at radius 1 is 0.800 bits per heavy atom. The highest BCUT2D eigenvalue weighted by molar-refractivity contribution is 6.31. The van der Waals surface area contributed by atoms with Crippen LogP contribution in [0.3, 0.4) is 0 Å². The lowest BCUT2D eigenvalue weighted by atomic mass is 9.88. The Bertz CT molecular complexity index is 1170. The molecule has 0 aromatic heterocycles. The van der Waals surface area contributed by atoms with Gasteiger partial charge in [0.2, 0.25) is 5.91 Å². The highest BCUT2D eigenvalue weighted by atomic mass is 35.5. The van der Waals surface area contributed by atoms with Crippen molar-refractivity contribution in [2.24, 2.45) is 0 Å². The second-order valence-corrected chi connectivity index (χ2v) is 9.00. The van der Waals surface area contributed by atoms with Crippen LogP contribution in [0.2, 0.25) is 5.02 Å². The van der Waals surface area contributed by atoms with Crippen LogP contribution in [0.1, 0.15) is 34.6 Å². The SMILES string of the molecule is COc1ccc(CC(=O)N(CCC(c2ccccc2)c2ccccc2)Cc2ccccc2Cl)cc1. The Balaban J connectivity index is 1.56. The Labute approximate surface area is 212 Å². The summed E-state index contributed by atoms with van der Waals surface area (Å²) < 4.78 is 5.25. The molecule has 4 aromatic carbocycles. The number of halogens is 1. The molecule has 0 N–H and O–H groups in total. The Kier molecular flexibility index (Phi) is 8.58. The van der Waals surface area contributed by atoms with Gasteiger partial charge in [-0.1, -0.05) is 103 Å². The topological polar surface area (TPSA) is 29.5 Å². The number of hydrogen-bond donors (Lipinski definition) is 0. The van der Waals surface area contributed by atoms with Gasteiger partial charge in [-0.15, -0.1) is 0 Å². The lowest BCUT2D eigenvalue weighted by molar-refractivity contribution is -0.131. The van der Waals surface area contributed by atoms with Crippen molar-refractivity contribution >= 4 is 17.5 Å². The van der Waals surface area contributed by atoms with Crippen LogP contribution in [0, 0.1) is 0 Å². The van der Waals surface area contributed by atoms with Crippen LogP contribution in [0.4, 0.5) is 0 Å². The van der Waals surface area contributed by atoms with Crippen LogP contribution in [0.15, 0.2) is 109 Å². The van der Waals surface area contributed by atoms with E-state index in [-0.39, 0.29) is 11.8 Å². The molecule has 178 valence electrons. The molecule has 4 heteroatoms. The Morgan fingerprint density at radius 2 is 1.37 bits per heavy atom. The minimum absolute atomic E-state index is 0.0787. The van der Waals surface area contributed by atoms with Crippen molar-refractivity contribution in [1.29, 1.82) is 0 Å². The summed E-state index contributed by atoms with van der Waals surface area (Å²) in [5, 5.41) is 0.678. The third-order valence-electron chi connectivity index (χ3n) is 6.28. The van der Waals surface area contributed by atoms with Gasteiger partial charge in [0.05, 0.1) is 13.5 Å². The monoisotopic (exact) mass is 483 g/mol. The maximum absolute atomic E-state index is 13.5. The van der Waals surface area contributed by atoms with E-state index in [1.165, 1.54) is 11.1 Å². The first-order valence-electron chi connectivity index (χ1n) is 11.9. The molecule has 0 saturated heterocycles. The molecule has 4 aromatic rings. The van der Waals surface area contributed by atoms with Crippen LogP contribution in [-0.2, 0) is 17.8 Å². The van der Waals surface area contributed by atoms with E-state index in [0.717, 1.165) is 23.3 Å². The lowest BCUT2D eigenvalue weighted by Crippen LogP contribution is -2.33. The van der Waals surface area contributed by atoms with Gasteiger partial charge in [0.25, 0.3) is 0 Å². The molecule has 0 aliphatic carbocycles. The largest absolute Gasteiger partial charge is 0.497 e. The summed E-state index contributed by atoms with van der Waals surface area (Å²) >= 11 is 6.47. The van der Waals surface area contributed by atoms with Crippen molar-refractivity contribution in [1.82, 2.24) is 4.90 Å². The summed E-state index contributed by atoms with van der Waals surface area (Å²) in [6.45, 7) is 1.10. The Morgan fingerprint density at radius 3 is 1.94 bits per heavy atom. The summed E-state index contributed by atoms with van der Waals surface area (Å²) in [4.78, 5) is 15.5. The summed E-state index contributed by atoms with van der Waals surface area (Å²) in [5.41, 5.74) is 4.41. The van der Waals surface area contributed by atoms with Gasteiger partial charge in [-0.3, -0.25) is 4.79 Å². The molecule has 0 fully saturated rings. The van der Waals surface area contributed by atoms with E-state index in [1.54, 1.807) is 7.11 Å². The third-order valence-corrected chi connectivity index (χ3v) is 6.65. The number of carbonyl (C=O) groups is 1. The summed E-state index contributed by atoms with van der Waals surface area (Å²) in [7, 11) is 1.64. The average molecular weight is 484 g/mol. The lowest BCUT2D eigenvalue weighted by Gasteiger charge is -2.27. The number of benzene rings is 4. The highest BCUT2D eigenvalue weighted by Crippen LogP contribution is 2.29. The van der Waals surface area contributed by atoms with E-state index in [9.17, 15) is 4.79 Å². The molecule has 4 rings (SSSR count). The smallest absolute Gasteiger partial charge is 0.227 e. The molecule has 0 aliphatic rings. The maximum Gasteiger partial charge on any atom is 0.227 e. The third kappa shape index (κ3) is 6.74. The number of methoxy groups -OCH3 is 1. The fourth-order valence-corrected chi connectivity index (χ4v) is 4.53. The van der Waals surface area contributed by atoms with E-state index >= 15 is 0 Å². The average Bonchev–Trinajstić information content (AvgIpc) is 2.91. The fourth-order valence-electron chi connectivity index (χ4n) is 4.34. The zero-order valence-electron chi connectivity index (χ0n) is 19.9. The zero-order valence-corrected chi connectivity index (χ0v) is 20.7. The molecule has 0 radical (unpaired) electrons. The van der Waals surface area contributed by atoms with Crippen LogP contribution >= 0.6 is 11.6 Å². The van der Waals surface area contributed by atoms with Crippen molar-refractivity contribution < 1.29 is 9.53 Å². The van der Waals surface area contributed by atoms with Gasteiger partial charge in [0.15, 0.2) is 0 Å². The molecule has 3 nitrogen and oxygen atoms in total. The summed E-state index contributed by atoms with van der Waals surface area (Å²) in [6, 6.07) is 36.4. The molecule has 0 atom stereocenters. The van der Waals surface area contributed by atoms with E-state index in [1.807, 2.05) is 65.6 Å². The first-order valence-corrected chi connectivity index (χ1v) is 12.3. The molecular formula is C31H30ClNO2. The second-order valence-electron chi connectivity index (χ2n) is 8.59. The molecule has 0 heterocycles. The van der Waals surface area contributed by atoms with Crippen molar-refractivity contribution in [2.45, 2.75) is 25.3 Å². The van der Waals surface area contributed by atoms with Gasteiger partial charge in [-0.2, -0.15) is 0 Å². The molecule has 0 bridgehead atoms. The van der Waals surface area contributed by atoms with Crippen molar-refractivity contribution in [3.63, 3.8) is 0 Å². The van der Waals surface area contributed by atoms with E-state index in [2.05, 4.69) is 48.5 Å². The molecule has 35 heavy (non-hydrogen) atoms. The number of hydrogen-bond acceptors (Lipinski definition) is 2.